The predicted octanol–water partition coefficient (Wildman–Crippen LogP) is 3.93. The maximum atomic E-state index is 5.03. The van der Waals surface area contributed by atoms with Crippen LogP contribution in [0.15, 0.2) is 11.4 Å². The van der Waals surface area contributed by atoms with Crippen molar-refractivity contribution in [3.8, 4) is 0 Å². The van der Waals surface area contributed by atoms with Gasteiger partial charge >= 0.3 is 0 Å². The Morgan fingerprint density at radius 1 is 1.43 bits per heavy atom. The van der Waals surface area contributed by atoms with Crippen molar-refractivity contribution in [2.45, 2.75) is 44.7 Å². The largest absolute Gasteiger partial charge is 0.341 e. The lowest BCUT2D eigenvalue weighted by atomic mass is 10.0. The summed E-state index contributed by atoms with van der Waals surface area (Å²) < 4.78 is 0. The van der Waals surface area contributed by atoms with Gasteiger partial charge in [-0.25, -0.2) is 4.98 Å². The molecule has 1 N–H and O–H groups in total. The van der Waals surface area contributed by atoms with Gasteiger partial charge in [-0.2, -0.15) is 0 Å². The summed E-state index contributed by atoms with van der Waals surface area (Å²) >= 11 is 3.80. The molecule has 2 aromatic heterocycles. The molecular weight excluding hydrogens is 298 g/mol. The number of rotatable bonds is 4. The zero-order chi connectivity index (χ0) is 14.4. The van der Waals surface area contributed by atoms with Gasteiger partial charge in [0.25, 0.3) is 0 Å². The van der Waals surface area contributed by atoms with Gasteiger partial charge in [0.2, 0.25) is 0 Å². The molecule has 4 rings (SSSR count). The standard InChI is InChI=1S/C16H21N3S2/c1-10-12-6-8-20-13(12)5-7-19(10)16-18-15(11-3-4-11)14(21-16)9-17-2/h6,8,10-11,17H,3-5,7,9H2,1-2H3. The van der Waals surface area contributed by atoms with E-state index in [2.05, 4.69) is 28.6 Å². The number of fused-ring (bicyclic) bond motifs is 1. The highest BCUT2D eigenvalue weighted by Gasteiger charge is 2.32. The third-order valence-corrected chi connectivity index (χ3v) is 6.65. The first-order chi connectivity index (χ1) is 10.3. The van der Waals surface area contributed by atoms with Gasteiger partial charge in [-0.3, -0.25) is 0 Å². The number of thiazole rings is 1. The Kier molecular flexibility index (Phi) is 3.52. The van der Waals surface area contributed by atoms with Crippen LogP contribution < -0.4 is 10.2 Å². The molecule has 0 amide bonds. The summed E-state index contributed by atoms with van der Waals surface area (Å²) in [6.45, 7) is 4.38. The Morgan fingerprint density at radius 2 is 2.29 bits per heavy atom. The Morgan fingerprint density at radius 3 is 3.05 bits per heavy atom. The Bertz CT molecular complexity index is 642. The van der Waals surface area contributed by atoms with Crippen molar-refractivity contribution in [3.05, 3.63) is 32.5 Å². The number of anilines is 1. The van der Waals surface area contributed by atoms with Crippen LogP contribution in [0.25, 0.3) is 0 Å². The van der Waals surface area contributed by atoms with Crippen molar-refractivity contribution in [3.63, 3.8) is 0 Å². The lowest BCUT2D eigenvalue weighted by molar-refractivity contribution is 0.630. The zero-order valence-corrected chi connectivity index (χ0v) is 14.2. The van der Waals surface area contributed by atoms with Gasteiger partial charge in [-0.15, -0.1) is 22.7 Å². The molecule has 5 heteroatoms. The van der Waals surface area contributed by atoms with E-state index in [1.807, 2.05) is 29.7 Å². The van der Waals surface area contributed by atoms with Crippen molar-refractivity contribution in [1.82, 2.24) is 10.3 Å². The molecule has 2 aliphatic rings. The van der Waals surface area contributed by atoms with Gasteiger partial charge in [0.15, 0.2) is 5.13 Å². The molecule has 1 aliphatic heterocycles. The first kappa shape index (κ1) is 13.7. The molecular formula is C16H21N3S2. The monoisotopic (exact) mass is 319 g/mol. The molecule has 0 saturated heterocycles. The fourth-order valence-electron chi connectivity index (χ4n) is 3.21. The molecule has 3 nitrogen and oxygen atoms in total. The summed E-state index contributed by atoms with van der Waals surface area (Å²) in [7, 11) is 2.03. The Balaban J connectivity index is 1.66. The molecule has 0 radical (unpaired) electrons. The van der Waals surface area contributed by atoms with Crippen molar-refractivity contribution in [2.75, 3.05) is 18.5 Å². The summed E-state index contributed by atoms with van der Waals surface area (Å²) in [5.41, 5.74) is 2.87. The summed E-state index contributed by atoms with van der Waals surface area (Å²) in [5, 5.41) is 6.76. The first-order valence-electron chi connectivity index (χ1n) is 7.75. The second-order valence-corrected chi connectivity index (χ2v) is 8.09. The van der Waals surface area contributed by atoms with Crippen molar-refractivity contribution in [2.24, 2.45) is 0 Å². The minimum absolute atomic E-state index is 0.459. The van der Waals surface area contributed by atoms with E-state index in [4.69, 9.17) is 4.98 Å². The van der Waals surface area contributed by atoms with E-state index in [-0.39, 0.29) is 0 Å². The van der Waals surface area contributed by atoms with Crippen molar-refractivity contribution < 1.29 is 0 Å². The summed E-state index contributed by atoms with van der Waals surface area (Å²) in [5.74, 6) is 0.732. The molecule has 112 valence electrons. The number of nitrogens with zero attached hydrogens (tertiary/aromatic N) is 2. The molecule has 1 saturated carbocycles. The van der Waals surface area contributed by atoms with Crippen LogP contribution in [0.2, 0.25) is 0 Å². The van der Waals surface area contributed by atoms with Crippen molar-refractivity contribution >= 4 is 27.8 Å². The van der Waals surface area contributed by atoms with E-state index in [1.165, 1.54) is 34.1 Å². The number of thiophene rings is 1. The molecule has 2 aromatic rings. The van der Waals surface area contributed by atoms with Gasteiger partial charge in [0, 0.05) is 28.8 Å². The van der Waals surface area contributed by atoms with E-state index in [0.29, 0.717) is 6.04 Å². The first-order valence-corrected chi connectivity index (χ1v) is 9.44. The maximum Gasteiger partial charge on any atom is 0.186 e. The van der Waals surface area contributed by atoms with E-state index < -0.39 is 0 Å². The highest BCUT2D eigenvalue weighted by molar-refractivity contribution is 7.15. The van der Waals surface area contributed by atoms with Gasteiger partial charge in [-0.05, 0) is 50.2 Å². The fourth-order valence-corrected chi connectivity index (χ4v) is 5.43. The quantitative estimate of drug-likeness (QED) is 0.925. The van der Waals surface area contributed by atoms with Crippen LogP contribution in [0.3, 0.4) is 0 Å². The van der Waals surface area contributed by atoms with E-state index >= 15 is 0 Å². The van der Waals surface area contributed by atoms with Crippen LogP contribution in [-0.2, 0) is 13.0 Å². The van der Waals surface area contributed by atoms with E-state index in [0.717, 1.165) is 25.4 Å². The average molecular weight is 319 g/mol. The normalized spacial score (nSPS) is 21.6. The lowest BCUT2D eigenvalue weighted by Crippen LogP contribution is -2.32. The summed E-state index contributed by atoms with van der Waals surface area (Å²) in [6.07, 6.45) is 3.81. The second kappa shape index (κ2) is 5.38. The molecule has 1 unspecified atom stereocenters. The van der Waals surface area contributed by atoms with Gasteiger partial charge in [-0.1, -0.05) is 0 Å². The van der Waals surface area contributed by atoms with Crippen LogP contribution in [0, 0.1) is 0 Å². The summed E-state index contributed by atoms with van der Waals surface area (Å²) in [4.78, 5) is 10.5. The fraction of sp³-hybridized carbons (Fsp3) is 0.562. The van der Waals surface area contributed by atoms with Crippen LogP contribution >= 0.6 is 22.7 Å². The molecule has 1 fully saturated rings. The number of nitrogens with one attached hydrogen (secondary N) is 1. The van der Waals surface area contributed by atoms with E-state index in [1.54, 1.807) is 4.88 Å². The number of hydrogen-bond acceptors (Lipinski definition) is 5. The second-order valence-electron chi connectivity index (χ2n) is 6.03. The number of hydrogen-bond donors (Lipinski definition) is 1. The van der Waals surface area contributed by atoms with Crippen LogP contribution in [0.4, 0.5) is 5.13 Å². The predicted molar refractivity (Wildman–Crippen MR) is 90.6 cm³/mol. The average Bonchev–Trinajstić information content (AvgIpc) is 3.06. The summed E-state index contributed by atoms with van der Waals surface area (Å²) in [6, 6.07) is 2.75. The lowest BCUT2D eigenvalue weighted by Gasteiger charge is -2.33. The van der Waals surface area contributed by atoms with Crippen LogP contribution in [0.1, 0.15) is 52.7 Å². The third kappa shape index (κ3) is 2.41. The highest BCUT2D eigenvalue weighted by atomic mass is 32.1. The topological polar surface area (TPSA) is 28.2 Å². The molecule has 0 bridgehead atoms. The molecule has 0 aromatic carbocycles. The minimum atomic E-state index is 0.459. The molecule has 0 spiro atoms. The van der Waals surface area contributed by atoms with Gasteiger partial charge in [0.1, 0.15) is 0 Å². The van der Waals surface area contributed by atoms with Crippen molar-refractivity contribution in [1.29, 1.82) is 0 Å². The number of aromatic nitrogens is 1. The molecule has 21 heavy (non-hydrogen) atoms. The van der Waals surface area contributed by atoms with Gasteiger partial charge < -0.3 is 10.2 Å². The van der Waals surface area contributed by atoms with Crippen LogP contribution in [-0.4, -0.2) is 18.6 Å². The Labute approximate surface area is 134 Å². The third-order valence-electron chi connectivity index (χ3n) is 4.54. The SMILES string of the molecule is CNCc1sc(N2CCc3sccc3C2C)nc1C1CC1. The Hall–Kier alpha value is -0.910. The van der Waals surface area contributed by atoms with Gasteiger partial charge in [0.05, 0.1) is 11.7 Å². The maximum absolute atomic E-state index is 5.03. The molecule has 1 atom stereocenters. The molecule has 1 aliphatic carbocycles. The van der Waals surface area contributed by atoms with E-state index in [9.17, 15) is 0 Å². The van der Waals surface area contributed by atoms with Crippen LogP contribution in [0.5, 0.6) is 0 Å². The minimum Gasteiger partial charge on any atom is -0.341 e. The highest BCUT2D eigenvalue weighted by Crippen LogP contribution is 2.46. The molecule has 3 heterocycles. The smallest absolute Gasteiger partial charge is 0.186 e. The zero-order valence-electron chi connectivity index (χ0n) is 12.6.